The summed E-state index contributed by atoms with van der Waals surface area (Å²) in [6, 6.07) is 5.74. The summed E-state index contributed by atoms with van der Waals surface area (Å²) in [7, 11) is 0. The number of fused-ring (bicyclic) bond motifs is 1. The first-order chi connectivity index (χ1) is 10.2. The first kappa shape index (κ1) is 14.1. The highest BCUT2D eigenvalue weighted by atomic mass is 16.5. The quantitative estimate of drug-likeness (QED) is 0.834. The molecule has 0 aromatic heterocycles. The number of hydrogen-bond donors (Lipinski definition) is 2. The Morgan fingerprint density at radius 2 is 2.33 bits per heavy atom. The lowest BCUT2D eigenvalue weighted by molar-refractivity contribution is -0.125. The fourth-order valence-corrected chi connectivity index (χ4v) is 2.90. The van der Waals surface area contributed by atoms with Crippen molar-refractivity contribution in [1.82, 2.24) is 5.32 Å². The monoisotopic (exact) mass is 287 g/mol. The number of hydrogen-bond acceptors (Lipinski definition) is 3. The molecule has 4 nitrogen and oxygen atoms in total. The molecule has 1 aliphatic heterocycles. The average Bonchev–Trinajstić information content (AvgIpc) is 3.00. The number of aliphatic hydroxyl groups excluding tert-OH is 1. The second kappa shape index (κ2) is 6.31. The first-order valence-electron chi connectivity index (χ1n) is 7.60. The molecule has 0 saturated heterocycles. The normalized spacial score (nSPS) is 21.5. The number of carbonyl (C=O) groups excluding carboxylic acids is 1. The summed E-state index contributed by atoms with van der Waals surface area (Å²) in [5.74, 6) is 1.00. The molecule has 1 heterocycles. The lowest BCUT2D eigenvalue weighted by atomic mass is 9.93. The summed E-state index contributed by atoms with van der Waals surface area (Å²) >= 11 is 0. The molecule has 0 fully saturated rings. The van der Waals surface area contributed by atoms with Crippen LogP contribution in [0.4, 0.5) is 0 Å². The second-order valence-electron chi connectivity index (χ2n) is 5.71. The van der Waals surface area contributed by atoms with E-state index >= 15 is 0 Å². The summed E-state index contributed by atoms with van der Waals surface area (Å²) in [4.78, 5) is 12.0. The molecule has 1 aromatic rings. The lowest BCUT2D eigenvalue weighted by Crippen LogP contribution is -2.34. The van der Waals surface area contributed by atoms with E-state index in [1.165, 1.54) is 0 Å². The SMILES string of the molecule is O=C(NC[C@@H](O)c1ccc2c(c1)CCO2)[C@@H]1CC=CCC1. The minimum Gasteiger partial charge on any atom is -0.493 e. The van der Waals surface area contributed by atoms with Crippen LogP contribution in [0.2, 0.25) is 0 Å². The van der Waals surface area contributed by atoms with E-state index in [1.54, 1.807) is 0 Å². The minimum atomic E-state index is -0.668. The van der Waals surface area contributed by atoms with Crippen molar-refractivity contribution in [3.63, 3.8) is 0 Å². The van der Waals surface area contributed by atoms with Gasteiger partial charge in [0.05, 0.1) is 12.7 Å². The zero-order valence-electron chi connectivity index (χ0n) is 12.0. The van der Waals surface area contributed by atoms with Gasteiger partial charge < -0.3 is 15.2 Å². The largest absolute Gasteiger partial charge is 0.493 e. The standard InChI is InChI=1S/C17H21NO3/c19-15(11-18-17(20)12-4-2-1-3-5-12)13-6-7-16-14(10-13)8-9-21-16/h1-2,6-7,10,12,15,19H,3-5,8-9,11H2,(H,18,20)/t12-,15-/m1/s1. The van der Waals surface area contributed by atoms with Gasteiger partial charge in [0.25, 0.3) is 0 Å². The Morgan fingerprint density at radius 1 is 1.43 bits per heavy atom. The number of aliphatic hydroxyl groups is 1. The van der Waals surface area contributed by atoms with Gasteiger partial charge in [-0.15, -0.1) is 0 Å². The van der Waals surface area contributed by atoms with Crippen LogP contribution in [0.15, 0.2) is 30.4 Å². The summed E-state index contributed by atoms with van der Waals surface area (Å²) in [5, 5.41) is 13.1. The van der Waals surface area contributed by atoms with Gasteiger partial charge in [0.2, 0.25) is 5.91 Å². The van der Waals surface area contributed by atoms with Crippen LogP contribution < -0.4 is 10.1 Å². The van der Waals surface area contributed by atoms with E-state index < -0.39 is 6.10 Å². The second-order valence-corrected chi connectivity index (χ2v) is 5.71. The van der Waals surface area contributed by atoms with Crippen LogP contribution in [0.3, 0.4) is 0 Å². The van der Waals surface area contributed by atoms with Crippen molar-refractivity contribution in [3.8, 4) is 5.75 Å². The highest BCUT2D eigenvalue weighted by molar-refractivity contribution is 5.79. The molecule has 1 aromatic carbocycles. The highest BCUT2D eigenvalue weighted by Gasteiger charge is 2.20. The van der Waals surface area contributed by atoms with E-state index in [1.807, 2.05) is 18.2 Å². The Labute approximate surface area is 124 Å². The number of carbonyl (C=O) groups is 1. The molecular weight excluding hydrogens is 266 g/mol. The minimum absolute atomic E-state index is 0.0443. The van der Waals surface area contributed by atoms with Crippen molar-refractivity contribution in [2.75, 3.05) is 13.2 Å². The number of nitrogens with one attached hydrogen (secondary N) is 1. The Bertz CT molecular complexity index is 553. The molecule has 21 heavy (non-hydrogen) atoms. The van der Waals surface area contributed by atoms with Crippen LogP contribution in [-0.4, -0.2) is 24.2 Å². The summed E-state index contributed by atoms with van der Waals surface area (Å²) in [5.41, 5.74) is 1.97. The molecule has 112 valence electrons. The third-order valence-corrected chi connectivity index (χ3v) is 4.21. The van der Waals surface area contributed by atoms with Gasteiger partial charge in [-0.05, 0) is 42.5 Å². The molecule has 0 bridgehead atoms. The summed E-state index contributed by atoms with van der Waals surface area (Å²) in [6.45, 7) is 0.972. The highest BCUT2D eigenvalue weighted by Crippen LogP contribution is 2.28. The van der Waals surface area contributed by atoms with Crippen LogP contribution in [0.25, 0.3) is 0 Å². The van der Waals surface area contributed by atoms with Crippen molar-refractivity contribution in [2.24, 2.45) is 5.92 Å². The van der Waals surface area contributed by atoms with E-state index in [0.717, 1.165) is 42.6 Å². The molecule has 0 unspecified atom stereocenters. The Kier molecular flexibility index (Phi) is 4.25. The molecule has 3 rings (SSSR count). The predicted molar refractivity (Wildman–Crippen MR) is 80.1 cm³/mol. The summed E-state index contributed by atoms with van der Waals surface area (Å²) < 4.78 is 5.45. The van der Waals surface area contributed by atoms with Gasteiger partial charge in [0.1, 0.15) is 5.75 Å². The van der Waals surface area contributed by atoms with Crippen molar-refractivity contribution >= 4 is 5.91 Å². The average molecular weight is 287 g/mol. The van der Waals surface area contributed by atoms with Crippen molar-refractivity contribution in [2.45, 2.75) is 31.8 Å². The van der Waals surface area contributed by atoms with Gasteiger partial charge in [0, 0.05) is 18.9 Å². The molecular formula is C17H21NO3. The maximum atomic E-state index is 12.0. The molecule has 2 N–H and O–H groups in total. The van der Waals surface area contributed by atoms with Gasteiger partial charge in [-0.25, -0.2) is 0 Å². The topological polar surface area (TPSA) is 58.6 Å². The zero-order valence-corrected chi connectivity index (χ0v) is 12.0. The molecule has 2 aliphatic rings. The van der Waals surface area contributed by atoms with Crippen LogP contribution >= 0.6 is 0 Å². The third kappa shape index (κ3) is 3.27. The van der Waals surface area contributed by atoms with Gasteiger partial charge in [0.15, 0.2) is 0 Å². The lowest BCUT2D eigenvalue weighted by Gasteiger charge is -2.19. The molecule has 0 radical (unpaired) electrons. The Morgan fingerprint density at radius 3 is 3.14 bits per heavy atom. The van der Waals surface area contributed by atoms with E-state index in [2.05, 4.69) is 17.5 Å². The third-order valence-electron chi connectivity index (χ3n) is 4.21. The molecule has 0 spiro atoms. The number of rotatable bonds is 4. The van der Waals surface area contributed by atoms with Crippen molar-refractivity contribution < 1.29 is 14.6 Å². The maximum Gasteiger partial charge on any atom is 0.223 e. The predicted octanol–water partition coefficient (Wildman–Crippen LogP) is 2.13. The first-order valence-corrected chi connectivity index (χ1v) is 7.60. The maximum absolute atomic E-state index is 12.0. The van der Waals surface area contributed by atoms with E-state index in [0.29, 0.717) is 6.61 Å². The Balaban J connectivity index is 1.55. The van der Waals surface area contributed by atoms with Gasteiger partial charge in [-0.1, -0.05) is 18.2 Å². The van der Waals surface area contributed by atoms with Crippen molar-refractivity contribution in [1.29, 1.82) is 0 Å². The van der Waals surface area contributed by atoms with Crippen LogP contribution in [-0.2, 0) is 11.2 Å². The number of amides is 1. The number of allylic oxidation sites excluding steroid dienone is 2. The molecule has 1 amide bonds. The smallest absolute Gasteiger partial charge is 0.223 e. The molecule has 4 heteroatoms. The number of ether oxygens (including phenoxy) is 1. The zero-order chi connectivity index (χ0) is 14.7. The molecule has 1 aliphatic carbocycles. The number of benzene rings is 1. The van der Waals surface area contributed by atoms with Crippen molar-refractivity contribution in [3.05, 3.63) is 41.5 Å². The van der Waals surface area contributed by atoms with Crippen LogP contribution in [0.1, 0.15) is 36.5 Å². The van der Waals surface area contributed by atoms with E-state index in [9.17, 15) is 9.90 Å². The fraction of sp³-hybridized carbons (Fsp3) is 0.471. The van der Waals surface area contributed by atoms with Gasteiger partial charge in [-0.3, -0.25) is 4.79 Å². The Hall–Kier alpha value is -1.81. The van der Waals surface area contributed by atoms with Gasteiger partial charge in [-0.2, -0.15) is 0 Å². The van der Waals surface area contributed by atoms with E-state index in [-0.39, 0.29) is 18.4 Å². The van der Waals surface area contributed by atoms with E-state index in [4.69, 9.17) is 4.74 Å². The van der Waals surface area contributed by atoms with Crippen LogP contribution in [0, 0.1) is 5.92 Å². The summed E-state index contributed by atoms with van der Waals surface area (Å²) in [6.07, 6.45) is 7.06. The molecule has 0 saturated carbocycles. The molecule has 2 atom stereocenters. The fourth-order valence-electron chi connectivity index (χ4n) is 2.90. The van der Waals surface area contributed by atoms with Crippen LogP contribution in [0.5, 0.6) is 5.75 Å². The van der Waals surface area contributed by atoms with Gasteiger partial charge >= 0.3 is 0 Å².